The lowest BCUT2D eigenvalue weighted by Gasteiger charge is -2.08. The van der Waals surface area contributed by atoms with Gasteiger partial charge in [0.05, 0.1) is 17.9 Å². The number of carbonyl (C=O) groups excluding carboxylic acids is 1. The lowest BCUT2D eigenvalue weighted by atomic mass is 10.1. The average molecular weight is 345 g/mol. The smallest absolute Gasteiger partial charge is 0.224 e. The minimum absolute atomic E-state index is 0.0466. The third kappa shape index (κ3) is 6.16. The highest BCUT2D eigenvalue weighted by atomic mass is 32.2. The molecule has 0 unspecified atom stereocenters. The Hall–Kier alpha value is -2.14. The summed E-state index contributed by atoms with van der Waals surface area (Å²) in [5.74, 6) is 0.0436. The van der Waals surface area contributed by atoms with Gasteiger partial charge >= 0.3 is 0 Å². The van der Waals surface area contributed by atoms with Gasteiger partial charge in [-0.3, -0.25) is 4.79 Å². The van der Waals surface area contributed by atoms with Gasteiger partial charge in [-0.05, 0) is 30.0 Å². The van der Waals surface area contributed by atoms with Crippen molar-refractivity contribution in [1.29, 1.82) is 0 Å². The second kappa shape index (κ2) is 8.64. The number of amides is 1. The van der Waals surface area contributed by atoms with Crippen molar-refractivity contribution in [3.63, 3.8) is 0 Å². The highest BCUT2D eigenvalue weighted by Crippen LogP contribution is 2.08. The van der Waals surface area contributed by atoms with Gasteiger partial charge in [0.2, 0.25) is 5.91 Å². The van der Waals surface area contributed by atoms with Crippen molar-refractivity contribution >= 4 is 15.7 Å². The molecule has 2 aromatic rings. The summed E-state index contributed by atoms with van der Waals surface area (Å²) in [7, 11) is -3.15. The van der Waals surface area contributed by atoms with Gasteiger partial charge in [-0.15, -0.1) is 0 Å². The van der Waals surface area contributed by atoms with E-state index in [0.717, 1.165) is 16.7 Å². The molecular weight excluding hydrogens is 322 g/mol. The zero-order valence-corrected chi connectivity index (χ0v) is 14.7. The van der Waals surface area contributed by atoms with Crippen LogP contribution in [0.2, 0.25) is 0 Å². The van der Waals surface area contributed by atoms with Gasteiger partial charge in [0.15, 0.2) is 9.84 Å². The monoisotopic (exact) mass is 345 g/mol. The summed E-state index contributed by atoms with van der Waals surface area (Å²) in [6, 6.07) is 16.9. The van der Waals surface area contributed by atoms with Crippen molar-refractivity contribution < 1.29 is 13.2 Å². The van der Waals surface area contributed by atoms with E-state index < -0.39 is 9.84 Å². The summed E-state index contributed by atoms with van der Waals surface area (Å²) in [5, 5.41) is 2.79. The topological polar surface area (TPSA) is 63.2 Å². The molecule has 0 fully saturated rings. The minimum Gasteiger partial charge on any atom is -0.356 e. The first-order valence-electron chi connectivity index (χ1n) is 8.02. The van der Waals surface area contributed by atoms with Gasteiger partial charge in [-0.25, -0.2) is 8.42 Å². The normalized spacial score (nSPS) is 11.2. The molecule has 2 rings (SSSR count). The molecule has 128 valence electrons. The Balaban J connectivity index is 1.72. The average Bonchev–Trinajstić information content (AvgIpc) is 2.54. The number of carbonyl (C=O) groups is 1. The van der Waals surface area contributed by atoms with Crippen LogP contribution in [0.15, 0.2) is 54.6 Å². The van der Waals surface area contributed by atoms with Crippen LogP contribution in [0, 0.1) is 6.92 Å². The van der Waals surface area contributed by atoms with E-state index >= 15 is 0 Å². The highest BCUT2D eigenvalue weighted by Gasteiger charge is 2.12. The molecule has 0 bridgehead atoms. The SMILES string of the molecule is Cc1ccccc1CC(=O)NCCCS(=O)(=O)Cc1ccccc1. The van der Waals surface area contributed by atoms with Crippen molar-refractivity contribution in [2.24, 2.45) is 0 Å². The Morgan fingerprint density at radius 3 is 2.38 bits per heavy atom. The van der Waals surface area contributed by atoms with Crippen LogP contribution in [0.5, 0.6) is 0 Å². The fourth-order valence-electron chi connectivity index (χ4n) is 2.46. The van der Waals surface area contributed by atoms with E-state index in [0.29, 0.717) is 19.4 Å². The third-order valence-corrected chi connectivity index (χ3v) is 5.48. The number of hydrogen-bond donors (Lipinski definition) is 1. The van der Waals surface area contributed by atoms with Gasteiger partial charge in [-0.1, -0.05) is 54.6 Å². The molecular formula is C19H23NO3S. The molecule has 5 heteroatoms. The van der Waals surface area contributed by atoms with Crippen LogP contribution in [0.1, 0.15) is 23.1 Å². The maximum atomic E-state index is 12.1. The summed E-state index contributed by atoms with van der Waals surface area (Å²) in [4.78, 5) is 11.9. The highest BCUT2D eigenvalue weighted by molar-refractivity contribution is 7.90. The number of hydrogen-bond acceptors (Lipinski definition) is 3. The molecule has 0 aliphatic carbocycles. The molecule has 0 aliphatic rings. The van der Waals surface area contributed by atoms with Crippen molar-refractivity contribution in [2.75, 3.05) is 12.3 Å². The molecule has 0 aromatic heterocycles. The van der Waals surface area contributed by atoms with Crippen LogP contribution in [0.3, 0.4) is 0 Å². The molecule has 0 aliphatic heterocycles. The van der Waals surface area contributed by atoms with E-state index in [4.69, 9.17) is 0 Å². The lowest BCUT2D eigenvalue weighted by molar-refractivity contribution is -0.120. The first kappa shape index (κ1) is 18.2. The largest absolute Gasteiger partial charge is 0.356 e. The summed E-state index contributed by atoms with van der Waals surface area (Å²) < 4.78 is 24.1. The van der Waals surface area contributed by atoms with Crippen LogP contribution in [-0.4, -0.2) is 26.6 Å². The maximum absolute atomic E-state index is 12.1. The summed E-state index contributed by atoms with van der Waals surface area (Å²) in [6.45, 7) is 2.34. The Morgan fingerprint density at radius 1 is 1.00 bits per heavy atom. The number of benzene rings is 2. The fourth-order valence-corrected chi connectivity index (χ4v) is 3.89. The van der Waals surface area contributed by atoms with Gasteiger partial charge in [-0.2, -0.15) is 0 Å². The van der Waals surface area contributed by atoms with Crippen molar-refractivity contribution in [3.8, 4) is 0 Å². The second-order valence-corrected chi connectivity index (χ2v) is 8.07. The van der Waals surface area contributed by atoms with Crippen molar-refractivity contribution in [3.05, 3.63) is 71.3 Å². The quantitative estimate of drug-likeness (QED) is 0.748. The molecule has 1 amide bonds. The molecule has 0 saturated carbocycles. The molecule has 1 N–H and O–H groups in total. The molecule has 4 nitrogen and oxygen atoms in total. The van der Waals surface area contributed by atoms with E-state index in [2.05, 4.69) is 5.32 Å². The summed E-state index contributed by atoms with van der Waals surface area (Å²) in [5.41, 5.74) is 2.87. The molecule has 2 aromatic carbocycles. The van der Waals surface area contributed by atoms with E-state index in [9.17, 15) is 13.2 Å². The number of aryl methyl sites for hydroxylation is 1. The summed E-state index contributed by atoms with van der Waals surface area (Å²) in [6.07, 6.45) is 0.748. The molecule has 0 heterocycles. The summed E-state index contributed by atoms with van der Waals surface area (Å²) >= 11 is 0. The number of sulfone groups is 1. The van der Waals surface area contributed by atoms with Gasteiger partial charge in [0.1, 0.15) is 0 Å². The lowest BCUT2D eigenvalue weighted by Crippen LogP contribution is -2.27. The van der Waals surface area contributed by atoms with Crippen LogP contribution in [0.4, 0.5) is 0 Å². The second-order valence-electron chi connectivity index (χ2n) is 5.88. The van der Waals surface area contributed by atoms with E-state index in [-0.39, 0.29) is 17.4 Å². The predicted octanol–water partition coefficient (Wildman–Crippen LogP) is 2.66. The van der Waals surface area contributed by atoms with Crippen LogP contribution < -0.4 is 5.32 Å². The standard InChI is InChI=1S/C19H23NO3S/c1-16-8-5-6-11-18(16)14-19(21)20-12-7-13-24(22,23)15-17-9-3-2-4-10-17/h2-6,8-11H,7,12-15H2,1H3,(H,20,21). The predicted molar refractivity (Wildman–Crippen MR) is 96.4 cm³/mol. The van der Waals surface area contributed by atoms with E-state index in [1.165, 1.54) is 0 Å². The zero-order valence-electron chi connectivity index (χ0n) is 13.9. The van der Waals surface area contributed by atoms with Crippen molar-refractivity contribution in [1.82, 2.24) is 5.32 Å². The number of rotatable bonds is 8. The molecule has 24 heavy (non-hydrogen) atoms. The van der Waals surface area contributed by atoms with Gasteiger partial charge in [0.25, 0.3) is 0 Å². The molecule has 0 atom stereocenters. The Kier molecular flexibility index (Phi) is 6.55. The number of nitrogens with one attached hydrogen (secondary N) is 1. The maximum Gasteiger partial charge on any atom is 0.224 e. The van der Waals surface area contributed by atoms with Gasteiger partial charge in [0, 0.05) is 6.54 Å². The first-order valence-corrected chi connectivity index (χ1v) is 9.84. The first-order chi connectivity index (χ1) is 11.5. The van der Waals surface area contributed by atoms with Crippen LogP contribution in [-0.2, 0) is 26.8 Å². The zero-order chi connectivity index (χ0) is 17.4. The molecule has 0 spiro atoms. The van der Waals surface area contributed by atoms with Crippen LogP contribution in [0.25, 0.3) is 0 Å². The van der Waals surface area contributed by atoms with E-state index in [1.54, 1.807) is 0 Å². The van der Waals surface area contributed by atoms with Gasteiger partial charge < -0.3 is 5.32 Å². The third-order valence-electron chi connectivity index (χ3n) is 3.80. The minimum atomic E-state index is -3.15. The van der Waals surface area contributed by atoms with Crippen molar-refractivity contribution in [2.45, 2.75) is 25.5 Å². The Morgan fingerprint density at radius 2 is 1.67 bits per heavy atom. The molecule has 0 saturated heterocycles. The van der Waals surface area contributed by atoms with E-state index in [1.807, 2.05) is 61.5 Å². The Labute approximate surface area is 143 Å². The fraction of sp³-hybridized carbons (Fsp3) is 0.316. The van der Waals surface area contributed by atoms with Crippen LogP contribution >= 0.6 is 0 Å². The Bertz CT molecular complexity index is 770. The molecule has 0 radical (unpaired) electrons.